The number of methoxy groups -OCH3 is 1. The first-order valence-corrected chi connectivity index (χ1v) is 10.5. The number of hydrogen-bond acceptors (Lipinski definition) is 5. The van der Waals surface area contributed by atoms with E-state index in [-0.39, 0.29) is 30.0 Å². The van der Waals surface area contributed by atoms with E-state index in [1.165, 1.54) is 7.11 Å². The Hall–Kier alpha value is -1.20. The highest BCUT2D eigenvalue weighted by Gasteiger charge is 2.39. The molecule has 0 radical (unpaired) electrons. The summed E-state index contributed by atoms with van der Waals surface area (Å²) in [5.41, 5.74) is -0.727. The van der Waals surface area contributed by atoms with Crippen molar-refractivity contribution in [3.63, 3.8) is 0 Å². The molecular formula is C22H38O5. The van der Waals surface area contributed by atoms with Crippen molar-refractivity contribution in [1.29, 1.82) is 0 Å². The van der Waals surface area contributed by atoms with Gasteiger partial charge < -0.3 is 14.9 Å². The molecule has 4 atom stereocenters. The summed E-state index contributed by atoms with van der Waals surface area (Å²) in [6.45, 7) is 3.95. The Bertz CT molecular complexity index is 483. The van der Waals surface area contributed by atoms with Crippen LogP contribution < -0.4 is 0 Å². The van der Waals surface area contributed by atoms with Crippen LogP contribution in [-0.4, -0.2) is 40.8 Å². The molecule has 5 heteroatoms. The van der Waals surface area contributed by atoms with Crippen molar-refractivity contribution >= 4 is 11.8 Å². The quantitative estimate of drug-likeness (QED) is 0.286. The lowest BCUT2D eigenvalue weighted by Gasteiger charge is -2.22. The third-order valence-corrected chi connectivity index (χ3v) is 5.59. The molecule has 1 saturated carbocycles. The molecule has 156 valence electrons. The van der Waals surface area contributed by atoms with Gasteiger partial charge in [-0.05, 0) is 32.6 Å². The van der Waals surface area contributed by atoms with E-state index < -0.39 is 11.7 Å². The molecule has 1 fully saturated rings. The van der Waals surface area contributed by atoms with Gasteiger partial charge >= 0.3 is 5.97 Å². The van der Waals surface area contributed by atoms with Crippen LogP contribution in [0.1, 0.15) is 84.5 Å². The largest absolute Gasteiger partial charge is 0.469 e. The third kappa shape index (κ3) is 9.02. The van der Waals surface area contributed by atoms with Crippen molar-refractivity contribution < 1.29 is 24.5 Å². The van der Waals surface area contributed by atoms with Gasteiger partial charge in [0, 0.05) is 24.7 Å². The number of ketones is 1. The molecule has 1 rings (SSSR count). The van der Waals surface area contributed by atoms with Crippen molar-refractivity contribution in [3.05, 3.63) is 12.2 Å². The lowest BCUT2D eigenvalue weighted by molar-refractivity contribution is -0.140. The van der Waals surface area contributed by atoms with Gasteiger partial charge in [0.15, 0.2) is 0 Å². The SMILES string of the molecule is CCCCC(C)(O)C/C=C/[C@H]1[C@@H](O)CC(=O)[C@@H]1CCCCCCC(=O)OC. The zero-order chi connectivity index (χ0) is 20.3. The molecule has 1 aliphatic carbocycles. The molecule has 0 spiro atoms. The van der Waals surface area contributed by atoms with Crippen LogP contribution in [0, 0.1) is 11.8 Å². The Balaban J connectivity index is 2.42. The van der Waals surface area contributed by atoms with Crippen LogP contribution in [-0.2, 0) is 14.3 Å². The molecule has 1 aliphatic rings. The third-order valence-electron chi connectivity index (χ3n) is 5.59. The number of Topliss-reactive ketones (excluding diaryl/α,β-unsaturated/α-hetero) is 1. The molecule has 1 unspecified atom stereocenters. The number of esters is 1. The van der Waals surface area contributed by atoms with Crippen molar-refractivity contribution in [2.24, 2.45) is 11.8 Å². The Kier molecular flexibility index (Phi) is 10.9. The minimum Gasteiger partial charge on any atom is -0.469 e. The molecule has 27 heavy (non-hydrogen) atoms. The van der Waals surface area contributed by atoms with Gasteiger partial charge in [0.25, 0.3) is 0 Å². The first kappa shape index (κ1) is 23.8. The average Bonchev–Trinajstić information content (AvgIpc) is 2.89. The zero-order valence-corrected chi connectivity index (χ0v) is 17.3. The van der Waals surface area contributed by atoms with Crippen molar-refractivity contribution in [2.75, 3.05) is 7.11 Å². The minimum absolute atomic E-state index is 0.127. The van der Waals surface area contributed by atoms with Crippen LogP contribution in [0.4, 0.5) is 0 Å². The molecule has 0 bridgehead atoms. The molecular weight excluding hydrogens is 344 g/mol. The number of aliphatic hydroxyl groups excluding tert-OH is 1. The highest BCUT2D eigenvalue weighted by atomic mass is 16.5. The van der Waals surface area contributed by atoms with Crippen molar-refractivity contribution in [2.45, 2.75) is 96.2 Å². The Morgan fingerprint density at radius 3 is 2.63 bits per heavy atom. The van der Waals surface area contributed by atoms with Gasteiger partial charge in [-0.3, -0.25) is 9.59 Å². The second kappa shape index (κ2) is 12.3. The Labute approximate surface area is 164 Å². The zero-order valence-electron chi connectivity index (χ0n) is 17.3. The molecule has 5 nitrogen and oxygen atoms in total. The summed E-state index contributed by atoms with van der Waals surface area (Å²) >= 11 is 0. The lowest BCUT2D eigenvalue weighted by atomic mass is 9.87. The van der Waals surface area contributed by atoms with Gasteiger partial charge in [-0.2, -0.15) is 0 Å². The summed E-state index contributed by atoms with van der Waals surface area (Å²) in [5, 5.41) is 20.6. The van der Waals surface area contributed by atoms with E-state index in [0.29, 0.717) is 12.8 Å². The molecule has 0 aromatic heterocycles. The van der Waals surface area contributed by atoms with Gasteiger partial charge in [0.2, 0.25) is 0 Å². The highest BCUT2D eigenvalue weighted by Crippen LogP contribution is 2.34. The fourth-order valence-corrected chi connectivity index (χ4v) is 3.82. The van der Waals surface area contributed by atoms with Gasteiger partial charge in [0.05, 0.1) is 18.8 Å². The summed E-state index contributed by atoms with van der Waals surface area (Å²) in [6, 6.07) is 0. The van der Waals surface area contributed by atoms with Crippen LogP contribution in [0.15, 0.2) is 12.2 Å². The van der Waals surface area contributed by atoms with Gasteiger partial charge in [0.1, 0.15) is 5.78 Å². The smallest absolute Gasteiger partial charge is 0.305 e. The van der Waals surface area contributed by atoms with E-state index in [9.17, 15) is 19.8 Å². The summed E-state index contributed by atoms with van der Waals surface area (Å²) < 4.78 is 4.62. The first-order chi connectivity index (χ1) is 12.8. The number of ether oxygens (including phenoxy) is 1. The predicted molar refractivity (Wildman–Crippen MR) is 106 cm³/mol. The van der Waals surface area contributed by atoms with E-state index >= 15 is 0 Å². The average molecular weight is 383 g/mol. The number of carbonyl (C=O) groups is 2. The van der Waals surface area contributed by atoms with Crippen molar-refractivity contribution in [3.8, 4) is 0 Å². The molecule has 2 N–H and O–H groups in total. The van der Waals surface area contributed by atoms with E-state index in [2.05, 4.69) is 11.7 Å². The number of aliphatic hydroxyl groups is 2. The first-order valence-electron chi connectivity index (χ1n) is 10.5. The Morgan fingerprint density at radius 1 is 1.26 bits per heavy atom. The standard InChI is InChI=1S/C22H38O5/c1-4-5-14-22(2,26)15-10-12-18-17(19(23)16-20(18)24)11-8-6-7-9-13-21(25)27-3/h10,12,17-18,20,24,26H,4-9,11,13-16H2,1-3H3/b12-10+/t17-,18-,20+,22?/m1/s1. The predicted octanol–water partition coefficient (Wildman–Crippen LogP) is 3.95. The molecule has 0 aromatic carbocycles. The number of carbonyl (C=O) groups excluding carboxylic acids is 2. The number of rotatable bonds is 13. The minimum atomic E-state index is -0.727. The second-order valence-electron chi connectivity index (χ2n) is 8.18. The maximum Gasteiger partial charge on any atom is 0.305 e. The molecule has 0 heterocycles. The summed E-state index contributed by atoms with van der Waals surface area (Å²) in [6.07, 6.45) is 11.7. The fraction of sp³-hybridized carbons (Fsp3) is 0.818. The van der Waals surface area contributed by atoms with E-state index in [1.807, 2.05) is 19.1 Å². The van der Waals surface area contributed by atoms with E-state index in [4.69, 9.17) is 0 Å². The highest BCUT2D eigenvalue weighted by molar-refractivity contribution is 5.84. The van der Waals surface area contributed by atoms with Gasteiger partial charge in [-0.25, -0.2) is 0 Å². The number of hydrogen-bond donors (Lipinski definition) is 2. The monoisotopic (exact) mass is 382 g/mol. The molecule has 0 aromatic rings. The van der Waals surface area contributed by atoms with Crippen LogP contribution in [0.3, 0.4) is 0 Å². The maximum absolute atomic E-state index is 12.2. The van der Waals surface area contributed by atoms with Crippen LogP contribution >= 0.6 is 0 Å². The fourth-order valence-electron chi connectivity index (χ4n) is 3.82. The maximum atomic E-state index is 12.2. The van der Waals surface area contributed by atoms with Crippen molar-refractivity contribution in [1.82, 2.24) is 0 Å². The second-order valence-corrected chi connectivity index (χ2v) is 8.18. The van der Waals surface area contributed by atoms with Crippen LogP contribution in [0.25, 0.3) is 0 Å². The summed E-state index contributed by atoms with van der Waals surface area (Å²) in [4.78, 5) is 23.3. The summed E-state index contributed by atoms with van der Waals surface area (Å²) in [7, 11) is 1.40. The molecule has 0 aliphatic heterocycles. The van der Waals surface area contributed by atoms with E-state index in [1.54, 1.807) is 0 Å². The van der Waals surface area contributed by atoms with Gasteiger partial charge in [-0.1, -0.05) is 51.2 Å². The van der Waals surface area contributed by atoms with Crippen LogP contribution in [0.5, 0.6) is 0 Å². The number of unbranched alkanes of at least 4 members (excludes halogenated alkanes) is 4. The molecule has 0 amide bonds. The van der Waals surface area contributed by atoms with Crippen LogP contribution in [0.2, 0.25) is 0 Å². The van der Waals surface area contributed by atoms with E-state index in [0.717, 1.165) is 51.4 Å². The topological polar surface area (TPSA) is 83.8 Å². The molecule has 0 saturated heterocycles. The lowest BCUT2D eigenvalue weighted by Crippen LogP contribution is -2.23. The van der Waals surface area contributed by atoms with Gasteiger partial charge in [-0.15, -0.1) is 0 Å². The normalized spacial score (nSPS) is 25.1. The Morgan fingerprint density at radius 2 is 1.96 bits per heavy atom. The summed E-state index contributed by atoms with van der Waals surface area (Å²) in [5.74, 6) is -0.305.